The van der Waals surface area contributed by atoms with Crippen LogP contribution in [-0.2, 0) is 23.7 Å². The number of hydrogen-bond acceptors (Lipinski definition) is 13. The van der Waals surface area contributed by atoms with Crippen molar-refractivity contribution in [2.45, 2.75) is 261 Å². The number of rotatable bonds is 38. The van der Waals surface area contributed by atoms with Crippen LogP contribution in [0.2, 0.25) is 0 Å². The van der Waals surface area contributed by atoms with E-state index in [-0.39, 0.29) is 18.9 Å². The highest BCUT2D eigenvalue weighted by atomic mass is 16.7. The van der Waals surface area contributed by atoms with Crippen LogP contribution in [0.25, 0.3) is 0 Å². The van der Waals surface area contributed by atoms with Gasteiger partial charge in [-0.25, -0.2) is 0 Å². The fraction of sp³-hybridized carbons (Fsp3) is 0.898. The summed E-state index contributed by atoms with van der Waals surface area (Å²) in [6, 6.07) is -0.924. The average Bonchev–Trinajstić information content (AvgIpc) is 3.28. The SMILES string of the molecule is CCCCC/C=C/CC/C=C/C(O)C(COC1OC(CO)C(OC2OC(CO)C(O)C(O)C2O)C(O)C1O)NC(=O)CCCCCCCCCCCCCCCCCCCCCC. The first kappa shape index (κ1) is 57.6. The van der Waals surface area contributed by atoms with Crippen molar-refractivity contribution in [2.75, 3.05) is 19.8 Å². The molecule has 2 aliphatic rings. The molecular formula is C49H91NO13. The molecule has 2 saturated heterocycles. The number of carbonyl (C=O) groups excluding carboxylic acids is 1. The van der Waals surface area contributed by atoms with Crippen molar-refractivity contribution in [3.8, 4) is 0 Å². The highest BCUT2D eigenvalue weighted by Gasteiger charge is 2.51. The Bertz CT molecular complexity index is 1160. The molecule has 12 atom stereocenters. The summed E-state index contributed by atoms with van der Waals surface area (Å²) in [6.45, 7) is 2.71. The third-order valence-electron chi connectivity index (χ3n) is 12.4. The topological polar surface area (TPSA) is 228 Å². The summed E-state index contributed by atoms with van der Waals surface area (Å²) in [7, 11) is 0. The highest BCUT2D eigenvalue weighted by Crippen LogP contribution is 2.30. The summed E-state index contributed by atoms with van der Waals surface area (Å²) < 4.78 is 22.6. The van der Waals surface area contributed by atoms with Gasteiger partial charge in [-0.05, 0) is 32.1 Å². The minimum atomic E-state index is -1.79. The number of ether oxygens (including phenoxy) is 4. The Balaban J connectivity index is 1.79. The minimum Gasteiger partial charge on any atom is -0.394 e. The number of nitrogens with one attached hydrogen (secondary N) is 1. The Morgan fingerprint density at radius 2 is 1.02 bits per heavy atom. The zero-order chi connectivity index (χ0) is 46.1. The van der Waals surface area contributed by atoms with Crippen molar-refractivity contribution in [2.24, 2.45) is 0 Å². The largest absolute Gasteiger partial charge is 0.394 e. The smallest absolute Gasteiger partial charge is 0.220 e. The van der Waals surface area contributed by atoms with E-state index in [1.54, 1.807) is 6.08 Å². The number of aliphatic hydroxyl groups excluding tert-OH is 8. The summed E-state index contributed by atoms with van der Waals surface area (Å²) in [5, 5.41) is 86.4. The van der Waals surface area contributed by atoms with Gasteiger partial charge in [-0.1, -0.05) is 173 Å². The molecule has 0 bridgehead atoms. The van der Waals surface area contributed by atoms with Gasteiger partial charge in [0.05, 0.1) is 32.0 Å². The van der Waals surface area contributed by atoms with E-state index < -0.39 is 86.8 Å². The quantitative estimate of drug-likeness (QED) is 0.0250. The van der Waals surface area contributed by atoms with Gasteiger partial charge in [-0.15, -0.1) is 0 Å². The van der Waals surface area contributed by atoms with Crippen LogP contribution in [0.1, 0.15) is 187 Å². The van der Waals surface area contributed by atoms with E-state index in [9.17, 15) is 45.6 Å². The third kappa shape index (κ3) is 24.2. The fourth-order valence-corrected chi connectivity index (χ4v) is 8.25. The van der Waals surface area contributed by atoms with Crippen LogP contribution in [0.3, 0.4) is 0 Å². The molecule has 2 heterocycles. The summed E-state index contributed by atoms with van der Waals surface area (Å²) >= 11 is 0. The Morgan fingerprint density at radius 3 is 1.56 bits per heavy atom. The number of unbranched alkanes of at least 4 members (excludes halogenated alkanes) is 23. The monoisotopic (exact) mass is 902 g/mol. The van der Waals surface area contributed by atoms with Crippen molar-refractivity contribution in [1.82, 2.24) is 5.32 Å². The van der Waals surface area contributed by atoms with E-state index >= 15 is 0 Å². The summed E-state index contributed by atoms with van der Waals surface area (Å²) in [5.41, 5.74) is 0. The highest BCUT2D eigenvalue weighted by molar-refractivity contribution is 5.76. The lowest BCUT2D eigenvalue weighted by atomic mass is 9.97. The molecule has 0 saturated carbocycles. The molecule has 12 unspecified atom stereocenters. The molecule has 14 nitrogen and oxygen atoms in total. The number of aliphatic hydroxyl groups is 8. The molecule has 0 radical (unpaired) electrons. The van der Waals surface area contributed by atoms with Crippen molar-refractivity contribution in [1.29, 1.82) is 0 Å². The molecule has 0 aromatic rings. The molecule has 2 rings (SSSR count). The lowest BCUT2D eigenvalue weighted by molar-refractivity contribution is -0.359. The summed E-state index contributed by atoms with van der Waals surface area (Å²) in [5.74, 6) is -0.250. The number of carbonyl (C=O) groups is 1. The predicted molar refractivity (Wildman–Crippen MR) is 245 cm³/mol. The van der Waals surface area contributed by atoms with Gasteiger partial charge in [0, 0.05) is 6.42 Å². The van der Waals surface area contributed by atoms with Crippen LogP contribution in [0.15, 0.2) is 24.3 Å². The second kappa shape index (κ2) is 36.6. The van der Waals surface area contributed by atoms with E-state index in [1.165, 1.54) is 116 Å². The molecule has 0 aromatic carbocycles. The van der Waals surface area contributed by atoms with Gasteiger partial charge < -0.3 is 65.1 Å². The van der Waals surface area contributed by atoms with Crippen molar-refractivity contribution in [3.63, 3.8) is 0 Å². The molecule has 63 heavy (non-hydrogen) atoms. The Hall–Kier alpha value is -1.53. The van der Waals surface area contributed by atoms with Crippen molar-refractivity contribution in [3.05, 3.63) is 24.3 Å². The second-order valence-corrected chi connectivity index (χ2v) is 17.9. The zero-order valence-electron chi connectivity index (χ0n) is 39.1. The molecular weight excluding hydrogens is 811 g/mol. The molecule has 14 heteroatoms. The minimum absolute atomic E-state index is 0.250. The van der Waals surface area contributed by atoms with E-state index in [0.717, 1.165) is 38.5 Å². The van der Waals surface area contributed by atoms with Crippen molar-refractivity contribution < 1.29 is 64.6 Å². The molecule has 370 valence electrons. The van der Waals surface area contributed by atoms with E-state index in [4.69, 9.17) is 18.9 Å². The van der Waals surface area contributed by atoms with Crippen LogP contribution < -0.4 is 5.32 Å². The Kier molecular flexibility index (Phi) is 33.4. The van der Waals surface area contributed by atoms with Crippen LogP contribution in [-0.4, -0.2) is 140 Å². The first-order chi connectivity index (χ1) is 30.6. The summed E-state index contributed by atoms with van der Waals surface area (Å²) in [6.07, 6.45) is 22.5. The third-order valence-corrected chi connectivity index (χ3v) is 12.4. The molecule has 2 aliphatic heterocycles. The summed E-state index contributed by atoms with van der Waals surface area (Å²) in [4.78, 5) is 13.1. The Morgan fingerprint density at radius 1 is 0.556 bits per heavy atom. The average molecular weight is 902 g/mol. The first-order valence-electron chi connectivity index (χ1n) is 25.1. The standard InChI is InChI=1S/C49H91NO13/c1-3-5-7-9-11-13-14-15-16-17-18-19-20-21-22-23-25-27-29-31-33-41(54)50-37(38(53)32-30-28-26-24-12-10-8-6-4-2)36-60-48-46(59)44(57)47(40(35-52)62-48)63-49-45(58)43(56)42(55)39(34-51)61-49/h12,24,30,32,37-40,42-49,51-53,55-59H,3-11,13-23,25-29,31,33-36H2,1-2H3,(H,50,54)/b24-12+,32-30+. The molecule has 0 aromatic heterocycles. The first-order valence-corrected chi connectivity index (χ1v) is 25.1. The van der Waals surface area contributed by atoms with E-state index in [0.29, 0.717) is 12.8 Å². The lowest BCUT2D eigenvalue weighted by Gasteiger charge is -2.46. The zero-order valence-corrected chi connectivity index (χ0v) is 39.1. The van der Waals surface area contributed by atoms with Gasteiger partial charge in [-0.3, -0.25) is 4.79 Å². The maximum Gasteiger partial charge on any atom is 0.220 e. The normalized spacial score (nSPS) is 27.7. The molecule has 0 aliphatic carbocycles. The van der Waals surface area contributed by atoms with Gasteiger partial charge >= 0.3 is 0 Å². The van der Waals surface area contributed by atoms with E-state index in [1.807, 2.05) is 6.08 Å². The molecule has 9 N–H and O–H groups in total. The van der Waals surface area contributed by atoms with Gasteiger partial charge in [0.2, 0.25) is 5.91 Å². The lowest BCUT2D eigenvalue weighted by Crippen LogP contribution is -2.65. The van der Waals surface area contributed by atoms with Gasteiger partial charge in [0.15, 0.2) is 12.6 Å². The number of hydrogen-bond donors (Lipinski definition) is 9. The predicted octanol–water partition coefficient (Wildman–Crippen LogP) is 6.16. The van der Waals surface area contributed by atoms with Crippen molar-refractivity contribution >= 4 is 5.91 Å². The van der Waals surface area contributed by atoms with Crippen LogP contribution in [0.4, 0.5) is 0 Å². The van der Waals surface area contributed by atoms with Gasteiger partial charge in [-0.2, -0.15) is 0 Å². The Labute approximate surface area is 379 Å². The fourth-order valence-electron chi connectivity index (χ4n) is 8.25. The number of amides is 1. The molecule has 2 fully saturated rings. The molecule has 0 spiro atoms. The van der Waals surface area contributed by atoms with Crippen LogP contribution >= 0.6 is 0 Å². The maximum atomic E-state index is 13.1. The van der Waals surface area contributed by atoms with Gasteiger partial charge in [0.1, 0.15) is 48.8 Å². The van der Waals surface area contributed by atoms with Gasteiger partial charge in [0.25, 0.3) is 0 Å². The second-order valence-electron chi connectivity index (χ2n) is 17.9. The maximum absolute atomic E-state index is 13.1. The van der Waals surface area contributed by atoms with E-state index in [2.05, 4.69) is 31.3 Å². The molecule has 1 amide bonds. The van der Waals surface area contributed by atoms with Crippen LogP contribution in [0.5, 0.6) is 0 Å². The number of allylic oxidation sites excluding steroid dienone is 3. The van der Waals surface area contributed by atoms with Crippen LogP contribution in [0, 0.1) is 0 Å².